The van der Waals surface area contributed by atoms with Crippen LogP contribution < -0.4 is 10.0 Å². The number of esters is 1. The summed E-state index contributed by atoms with van der Waals surface area (Å²) >= 11 is 12.1. The van der Waals surface area contributed by atoms with Crippen LogP contribution in [0.25, 0.3) is 0 Å². The van der Waals surface area contributed by atoms with E-state index in [1.54, 1.807) is 0 Å². The van der Waals surface area contributed by atoms with Gasteiger partial charge in [-0.3, -0.25) is 4.79 Å². The monoisotopic (exact) mass is 514 g/mol. The van der Waals surface area contributed by atoms with Gasteiger partial charge in [-0.05, 0) is 43.4 Å². The summed E-state index contributed by atoms with van der Waals surface area (Å²) in [5.74, 6) is -1.33. The van der Waals surface area contributed by atoms with Crippen LogP contribution in [0.5, 0.6) is 0 Å². The molecule has 2 N–H and O–H groups in total. The summed E-state index contributed by atoms with van der Waals surface area (Å²) in [5.41, 5.74) is 0.965. The van der Waals surface area contributed by atoms with E-state index in [-0.39, 0.29) is 39.0 Å². The highest BCUT2D eigenvalue weighted by molar-refractivity contribution is 7.89. The van der Waals surface area contributed by atoms with Crippen molar-refractivity contribution < 1.29 is 22.7 Å². The molecule has 0 fully saturated rings. The molecular weight excluding hydrogens is 487 g/mol. The maximum Gasteiger partial charge on any atom is 0.340 e. The normalized spacial score (nSPS) is 12.4. The number of ether oxygens (including phenoxy) is 1. The Morgan fingerprint density at radius 1 is 1.03 bits per heavy atom. The molecule has 33 heavy (non-hydrogen) atoms. The Morgan fingerprint density at radius 2 is 1.70 bits per heavy atom. The van der Waals surface area contributed by atoms with E-state index in [0.717, 1.165) is 30.5 Å². The second-order valence-corrected chi connectivity index (χ2v) is 10.6. The van der Waals surface area contributed by atoms with Crippen molar-refractivity contribution in [2.45, 2.75) is 44.6 Å². The number of amides is 1. The molecule has 0 unspecified atom stereocenters. The molecule has 0 aliphatic carbocycles. The van der Waals surface area contributed by atoms with Gasteiger partial charge in [0.15, 0.2) is 6.61 Å². The second kappa shape index (κ2) is 12.4. The molecular formula is C23H28Cl2N2O5S. The number of benzene rings is 2. The molecule has 0 spiro atoms. The summed E-state index contributed by atoms with van der Waals surface area (Å²) in [6.45, 7) is 5.23. The van der Waals surface area contributed by atoms with Crippen LogP contribution in [0, 0.1) is 5.92 Å². The maximum absolute atomic E-state index is 12.5. The highest BCUT2D eigenvalue weighted by Gasteiger charge is 2.24. The molecule has 2 aromatic rings. The van der Waals surface area contributed by atoms with Crippen molar-refractivity contribution in [3.63, 3.8) is 0 Å². The zero-order chi connectivity index (χ0) is 24.6. The van der Waals surface area contributed by atoms with Gasteiger partial charge < -0.3 is 10.1 Å². The predicted molar refractivity (Wildman–Crippen MR) is 129 cm³/mol. The van der Waals surface area contributed by atoms with Crippen LogP contribution in [0.4, 0.5) is 0 Å². The van der Waals surface area contributed by atoms with E-state index in [1.807, 2.05) is 51.1 Å². The molecule has 0 saturated heterocycles. The second-order valence-electron chi connectivity index (χ2n) is 8.08. The summed E-state index contributed by atoms with van der Waals surface area (Å²) < 4.78 is 32.6. The largest absolute Gasteiger partial charge is 0.452 e. The number of carbonyl (C=O) groups excluding carboxylic acids is 2. The zero-order valence-corrected chi connectivity index (χ0v) is 21.1. The minimum atomic E-state index is -3.96. The number of hydrogen-bond acceptors (Lipinski definition) is 5. The summed E-state index contributed by atoms with van der Waals surface area (Å²) in [5, 5.41) is 2.56. The molecule has 10 heteroatoms. The van der Waals surface area contributed by atoms with Gasteiger partial charge in [0.2, 0.25) is 10.0 Å². The van der Waals surface area contributed by atoms with E-state index in [4.69, 9.17) is 27.9 Å². The van der Waals surface area contributed by atoms with Crippen LogP contribution in [0.15, 0.2) is 47.4 Å². The molecule has 0 saturated carbocycles. The summed E-state index contributed by atoms with van der Waals surface area (Å²) in [6.07, 6.45) is 1.52. The van der Waals surface area contributed by atoms with Crippen LogP contribution in [0.1, 0.15) is 43.1 Å². The molecule has 0 aliphatic heterocycles. The first-order chi connectivity index (χ1) is 15.5. The van der Waals surface area contributed by atoms with Crippen molar-refractivity contribution >= 4 is 45.1 Å². The van der Waals surface area contributed by atoms with E-state index in [9.17, 15) is 18.0 Å². The highest BCUT2D eigenvalue weighted by Crippen LogP contribution is 2.29. The molecule has 0 heterocycles. The SMILES string of the molecule is CC(C)CNS(=O)(=O)c1cc(C(=O)OCC(=O)N[C@H](C)CCc2ccccc2)c(Cl)cc1Cl. The minimum Gasteiger partial charge on any atom is -0.452 e. The number of rotatable bonds is 11. The van der Waals surface area contributed by atoms with Crippen LogP contribution in [0.3, 0.4) is 0 Å². The zero-order valence-electron chi connectivity index (χ0n) is 18.7. The lowest BCUT2D eigenvalue weighted by atomic mass is 10.1. The standard InChI is InChI=1S/C23H28Cl2N2O5S/c1-15(2)13-26-33(30,31)21-11-18(19(24)12-20(21)25)23(29)32-14-22(28)27-16(3)9-10-17-7-5-4-6-8-17/h4-8,11-12,15-16,26H,9-10,13-14H2,1-3H3,(H,27,28)/t16-/m1/s1. The third-order valence-electron chi connectivity index (χ3n) is 4.66. The molecule has 0 aliphatic rings. The quantitative estimate of drug-likeness (QED) is 0.437. The molecule has 0 aromatic heterocycles. The fourth-order valence-corrected chi connectivity index (χ4v) is 4.93. The lowest BCUT2D eigenvalue weighted by Gasteiger charge is -2.15. The molecule has 1 atom stereocenters. The van der Waals surface area contributed by atoms with Gasteiger partial charge in [-0.1, -0.05) is 67.4 Å². The Bertz CT molecular complexity index is 1080. The van der Waals surface area contributed by atoms with Gasteiger partial charge >= 0.3 is 5.97 Å². The smallest absolute Gasteiger partial charge is 0.340 e. The van der Waals surface area contributed by atoms with E-state index >= 15 is 0 Å². The number of aryl methyl sites for hydroxylation is 1. The number of sulfonamides is 1. The van der Waals surface area contributed by atoms with Gasteiger partial charge in [-0.2, -0.15) is 0 Å². The topological polar surface area (TPSA) is 102 Å². The van der Waals surface area contributed by atoms with Crippen LogP contribution in [-0.2, 0) is 26.0 Å². The van der Waals surface area contributed by atoms with Gasteiger partial charge in [-0.15, -0.1) is 0 Å². The minimum absolute atomic E-state index is 0.0730. The van der Waals surface area contributed by atoms with Crippen molar-refractivity contribution in [3.8, 4) is 0 Å². The Kier molecular flexibility index (Phi) is 10.2. The van der Waals surface area contributed by atoms with Crippen LogP contribution in [-0.4, -0.2) is 39.5 Å². The van der Waals surface area contributed by atoms with E-state index in [2.05, 4.69) is 10.0 Å². The first-order valence-corrected chi connectivity index (χ1v) is 12.7. The molecule has 2 rings (SSSR count). The van der Waals surface area contributed by atoms with Gasteiger partial charge in [0.1, 0.15) is 4.90 Å². The average molecular weight is 515 g/mol. The molecule has 7 nitrogen and oxygen atoms in total. The van der Waals surface area contributed by atoms with E-state index in [0.29, 0.717) is 0 Å². The summed E-state index contributed by atoms with van der Waals surface area (Å²) in [6, 6.07) is 12.0. The van der Waals surface area contributed by atoms with Crippen molar-refractivity contribution in [1.29, 1.82) is 0 Å². The third kappa shape index (κ3) is 8.62. The molecule has 180 valence electrons. The van der Waals surface area contributed by atoms with Crippen molar-refractivity contribution in [1.82, 2.24) is 10.0 Å². The number of nitrogens with one attached hydrogen (secondary N) is 2. The summed E-state index contributed by atoms with van der Waals surface area (Å²) in [7, 11) is -3.96. The fourth-order valence-electron chi connectivity index (χ4n) is 2.87. The van der Waals surface area contributed by atoms with Gasteiger partial charge in [0.25, 0.3) is 5.91 Å². The number of carbonyl (C=O) groups is 2. The van der Waals surface area contributed by atoms with E-state index < -0.39 is 28.5 Å². The predicted octanol–water partition coefficient (Wildman–Crippen LogP) is 4.22. The van der Waals surface area contributed by atoms with E-state index in [1.165, 1.54) is 0 Å². The average Bonchev–Trinajstić information content (AvgIpc) is 2.75. The Balaban J connectivity index is 1.96. The van der Waals surface area contributed by atoms with Crippen molar-refractivity contribution in [2.75, 3.05) is 13.2 Å². The van der Waals surface area contributed by atoms with Crippen molar-refractivity contribution in [3.05, 3.63) is 63.6 Å². The first-order valence-electron chi connectivity index (χ1n) is 10.5. The summed E-state index contributed by atoms with van der Waals surface area (Å²) in [4.78, 5) is 24.4. The van der Waals surface area contributed by atoms with Crippen LogP contribution >= 0.6 is 23.2 Å². The fraction of sp³-hybridized carbons (Fsp3) is 0.391. The lowest BCUT2D eigenvalue weighted by Crippen LogP contribution is -2.36. The number of halogens is 2. The molecule has 1 amide bonds. The van der Waals surface area contributed by atoms with Crippen molar-refractivity contribution in [2.24, 2.45) is 5.92 Å². The maximum atomic E-state index is 12.5. The Labute approximate surface area is 204 Å². The molecule has 2 aromatic carbocycles. The first kappa shape index (κ1) is 27.1. The Morgan fingerprint density at radius 3 is 2.33 bits per heavy atom. The lowest BCUT2D eigenvalue weighted by molar-refractivity contribution is -0.124. The van der Waals surface area contributed by atoms with Gasteiger partial charge in [0.05, 0.1) is 15.6 Å². The highest BCUT2D eigenvalue weighted by atomic mass is 35.5. The Hall–Kier alpha value is -2.13. The van der Waals surface area contributed by atoms with Gasteiger partial charge in [0, 0.05) is 12.6 Å². The van der Waals surface area contributed by atoms with Gasteiger partial charge in [-0.25, -0.2) is 17.9 Å². The number of hydrogen-bond donors (Lipinski definition) is 2. The van der Waals surface area contributed by atoms with Crippen LogP contribution in [0.2, 0.25) is 10.0 Å². The molecule has 0 radical (unpaired) electrons. The molecule has 0 bridgehead atoms. The third-order valence-corrected chi connectivity index (χ3v) is 6.86.